The van der Waals surface area contributed by atoms with Gasteiger partial charge < -0.3 is 10.9 Å². The van der Waals surface area contributed by atoms with Crippen molar-refractivity contribution in [1.29, 1.82) is 0 Å². The number of halogens is 1. The molecule has 0 heterocycles. The van der Waals surface area contributed by atoms with E-state index < -0.39 is 0 Å². The lowest BCUT2D eigenvalue weighted by molar-refractivity contribution is 0.0779. The molecule has 68 valence electrons. The zero-order valence-corrected chi connectivity index (χ0v) is 8.45. The summed E-state index contributed by atoms with van der Waals surface area (Å²) in [5.41, 5.74) is 0.786. The lowest BCUT2D eigenvalue weighted by Gasteiger charge is -2.28. The number of hydrogen-bond acceptors (Lipinski definition) is 4. The first-order chi connectivity index (χ1) is 5.63. The minimum atomic E-state index is -0.167. The SMILES string of the molecule is CC(=NC1CC(O)C1)C(Br)=NN. The Morgan fingerprint density at radius 3 is 2.58 bits per heavy atom. The van der Waals surface area contributed by atoms with E-state index in [1.54, 1.807) is 0 Å². The molecule has 1 saturated carbocycles. The highest BCUT2D eigenvalue weighted by Gasteiger charge is 2.26. The third kappa shape index (κ3) is 2.28. The fourth-order valence-corrected chi connectivity index (χ4v) is 1.19. The van der Waals surface area contributed by atoms with Crippen molar-refractivity contribution in [2.75, 3.05) is 0 Å². The smallest absolute Gasteiger partial charge is 0.146 e. The van der Waals surface area contributed by atoms with Crippen LogP contribution in [0.3, 0.4) is 0 Å². The monoisotopic (exact) mass is 233 g/mol. The molecule has 0 spiro atoms. The molecule has 0 aliphatic heterocycles. The Labute approximate surface area is 79.7 Å². The first-order valence-corrected chi connectivity index (χ1v) is 4.59. The largest absolute Gasteiger partial charge is 0.393 e. The summed E-state index contributed by atoms with van der Waals surface area (Å²) in [6, 6.07) is 0.245. The number of aliphatic hydroxyl groups is 1. The standard InChI is InChI=1S/C7H12BrN3O/c1-4(7(8)11-9)10-5-2-6(12)3-5/h5-6,12H,2-3,9H2,1H3. The van der Waals surface area contributed by atoms with E-state index in [4.69, 9.17) is 10.9 Å². The van der Waals surface area contributed by atoms with Gasteiger partial charge in [0.1, 0.15) is 4.62 Å². The summed E-state index contributed by atoms with van der Waals surface area (Å²) in [6.07, 6.45) is 1.34. The van der Waals surface area contributed by atoms with Gasteiger partial charge in [0.15, 0.2) is 0 Å². The van der Waals surface area contributed by atoms with E-state index in [2.05, 4.69) is 26.0 Å². The Morgan fingerprint density at radius 2 is 2.17 bits per heavy atom. The first kappa shape index (κ1) is 9.67. The van der Waals surface area contributed by atoms with Crippen molar-refractivity contribution < 1.29 is 5.11 Å². The van der Waals surface area contributed by atoms with E-state index in [-0.39, 0.29) is 12.1 Å². The van der Waals surface area contributed by atoms with Crippen molar-refractivity contribution in [3.8, 4) is 0 Å². The van der Waals surface area contributed by atoms with Crippen molar-refractivity contribution in [3.63, 3.8) is 0 Å². The number of hydrogen-bond donors (Lipinski definition) is 2. The molecule has 0 aromatic heterocycles. The third-order valence-corrected chi connectivity index (χ3v) is 2.65. The number of hydrazone groups is 1. The van der Waals surface area contributed by atoms with Gasteiger partial charge in [-0.2, -0.15) is 5.10 Å². The summed E-state index contributed by atoms with van der Waals surface area (Å²) in [7, 11) is 0. The number of rotatable bonds is 2. The van der Waals surface area contributed by atoms with Crippen molar-refractivity contribution in [2.45, 2.75) is 31.9 Å². The van der Waals surface area contributed by atoms with Crippen LogP contribution in [0, 0.1) is 0 Å². The van der Waals surface area contributed by atoms with Crippen LogP contribution in [-0.2, 0) is 0 Å². The van der Waals surface area contributed by atoms with Crippen LogP contribution in [0.4, 0.5) is 0 Å². The molecule has 12 heavy (non-hydrogen) atoms. The molecule has 0 amide bonds. The maximum absolute atomic E-state index is 8.99. The normalized spacial score (nSPS) is 31.6. The zero-order chi connectivity index (χ0) is 9.14. The van der Waals surface area contributed by atoms with E-state index in [1.807, 2.05) is 6.92 Å². The number of nitrogens with two attached hydrogens (primary N) is 1. The Kier molecular flexibility index (Phi) is 3.22. The van der Waals surface area contributed by atoms with Crippen LogP contribution in [0.1, 0.15) is 19.8 Å². The van der Waals surface area contributed by atoms with Crippen LogP contribution in [0.5, 0.6) is 0 Å². The molecule has 0 saturated heterocycles. The molecule has 1 aliphatic carbocycles. The van der Waals surface area contributed by atoms with Crippen molar-refractivity contribution >= 4 is 26.3 Å². The van der Waals surface area contributed by atoms with Crippen molar-refractivity contribution in [2.24, 2.45) is 15.9 Å². The molecule has 0 bridgehead atoms. The molecule has 1 rings (SSSR count). The summed E-state index contributed by atoms with van der Waals surface area (Å²) in [5.74, 6) is 5.05. The van der Waals surface area contributed by atoms with Gasteiger partial charge in [0.2, 0.25) is 0 Å². The second-order valence-corrected chi connectivity index (χ2v) is 3.66. The van der Waals surface area contributed by atoms with Gasteiger partial charge in [-0.1, -0.05) is 0 Å². The average molecular weight is 234 g/mol. The Bertz CT molecular complexity index is 221. The summed E-state index contributed by atoms with van der Waals surface area (Å²) >= 11 is 3.17. The van der Waals surface area contributed by atoms with E-state index in [1.165, 1.54) is 0 Å². The molecule has 1 fully saturated rings. The minimum Gasteiger partial charge on any atom is -0.393 e. The van der Waals surface area contributed by atoms with Gasteiger partial charge in [0, 0.05) is 0 Å². The molecular formula is C7H12BrN3O. The molecule has 0 aromatic carbocycles. The Hall–Kier alpha value is -0.420. The molecule has 0 unspecified atom stereocenters. The van der Waals surface area contributed by atoms with Gasteiger partial charge >= 0.3 is 0 Å². The highest BCUT2D eigenvalue weighted by atomic mass is 79.9. The van der Waals surface area contributed by atoms with Crippen LogP contribution in [0.2, 0.25) is 0 Å². The quantitative estimate of drug-likeness (QED) is 0.418. The van der Waals surface area contributed by atoms with Crippen molar-refractivity contribution in [3.05, 3.63) is 0 Å². The summed E-state index contributed by atoms with van der Waals surface area (Å²) in [6.45, 7) is 1.84. The van der Waals surface area contributed by atoms with Crippen LogP contribution in [0.15, 0.2) is 10.1 Å². The van der Waals surface area contributed by atoms with Gasteiger partial charge in [-0.3, -0.25) is 4.99 Å². The molecule has 0 aromatic rings. The van der Waals surface area contributed by atoms with Gasteiger partial charge in [0.25, 0.3) is 0 Å². The highest BCUT2D eigenvalue weighted by molar-refractivity contribution is 9.19. The molecule has 3 N–H and O–H groups in total. The summed E-state index contributed by atoms with van der Waals surface area (Å²) in [5, 5.41) is 12.5. The lowest BCUT2D eigenvalue weighted by Crippen LogP contribution is -2.32. The fourth-order valence-electron chi connectivity index (χ4n) is 1.09. The van der Waals surface area contributed by atoms with Crippen molar-refractivity contribution in [1.82, 2.24) is 0 Å². The topological polar surface area (TPSA) is 71.0 Å². The maximum Gasteiger partial charge on any atom is 0.146 e. The maximum atomic E-state index is 8.99. The van der Waals surface area contributed by atoms with Gasteiger partial charge in [0.05, 0.1) is 17.9 Å². The fraction of sp³-hybridized carbons (Fsp3) is 0.714. The van der Waals surface area contributed by atoms with Crippen LogP contribution < -0.4 is 5.84 Å². The predicted octanol–water partition coefficient (Wildman–Crippen LogP) is 0.638. The molecular weight excluding hydrogens is 222 g/mol. The second kappa shape index (κ2) is 4.00. The van der Waals surface area contributed by atoms with Crippen LogP contribution in [-0.4, -0.2) is 27.6 Å². The number of aliphatic imine (C=N–C) groups is 1. The zero-order valence-electron chi connectivity index (χ0n) is 6.87. The highest BCUT2D eigenvalue weighted by Crippen LogP contribution is 2.23. The van der Waals surface area contributed by atoms with Gasteiger partial charge in [-0.15, -0.1) is 0 Å². The number of aliphatic hydroxyl groups excluding tert-OH is 1. The summed E-state index contributed by atoms with van der Waals surface area (Å²) < 4.78 is 0.573. The van der Waals surface area contributed by atoms with E-state index >= 15 is 0 Å². The molecule has 0 radical (unpaired) electrons. The van der Waals surface area contributed by atoms with Gasteiger partial charge in [-0.25, -0.2) is 0 Å². The van der Waals surface area contributed by atoms with E-state index in [0.717, 1.165) is 18.6 Å². The number of nitrogens with zero attached hydrogens (tertiary/aromatic N) is 2. The molecule has 4 nitrogen and oxygen atoms in total. The molecule has 1 aliphatic rings. The first-order valence-electron chi connectivity index (χ1n) is 3.79. The average Bonchev–Trinajstić information content (AvgIpc) is 2.00. The van der Waals surface area contributed by atoms with Crippen LogP contribution >= 0.6 is 15.9 Å². The second-order valence-electron chi connectivity index (χ2n) is 2.91. The Morgan fingerprint density at radius 1 is 1.58 bits per heavy atom. The minimum absolute atomic E-state index is 0.167. The van der Waals surface area contributed by atoms with Crippen LogP contribution in [0.25, 0.3) is 0 Å². The molecule has 0 atom stereocenters. The van der Waals surface area contributed by atoms with E-state index in [9.17, 15) is 0 Å². The van der Waals surface area contributed by atoms with Gasteiger partial charge in [-0.05, 0) is 35.7 Å². The molecule has 5 heteroatoms. The Balaban J connectivity index is 2.46. The van der Waals surface area contributed by atoms with E-state index in [0.29, 0.717) is 4.62 Å². The lowest BCUT2D eigenvalue weighted by atomic mass is 9.90. The summed E-state index contributed by atoms with van der Waals surface area (Å²) in [4.78, 5) is 4.30. The predicted molar refractivity (Wildman–Crippen MR) is 52.7 cm³/mol. The third-order valence-electron chi connectivity index (χ3n) is 1.88.